The number of hydrogen-bond donors (Lipinski definition) is 2. The molecule has 1 aromatic heterocycles. The summed E-state index contributed by atoms with van der Waals surface area (Å²) in [5, 5.41) is 14.2. The van der Waals surface area contributed by atoms with E-state index in [4.69, 9.17) is 4.74 Å². The van der Waals surface area contributed by atoms with Crippen LogP contribution in [0.1, 0.15) is 27.2 Å². The van der Waals surface area contributed by atoms with E-state index >= 15 is 0 Å². The molecular formula is C21H22N4O2. The summed E-state index contributed by atoms with van der Waals surface area (Å²) in [6, 6.07) is 15.1. The molecule has 0 spiro atoms. The van der Waals surface area contributed by atoms with Gasteiger partial charge in [0.1, 0.15) is 5.75 Å². The number of hydrogen-bond acceptors (Lipinski definition) is 5. The summed E-state index contributed by atoms with van der Waals surface area (Å²) in [4.78, 5) is 12.4. The zero-order chi connectivity index (χ0) is 19.4. The quantitative estimate of drug-likeness (QED) is 0.703. The highest BCUT2D eigenvalue weighted by atomic mass is 16.5. The van der Waals surface area contributed by atoms with Crippen LogP contribution in [0.3, 0.4) is 0 Å². The van der Waals surface area contributed by atoms with Gasteiger partial charge in [0, 0.05) is 5.69 Å². The molecule has 6 heteroatoms. The Labute approximate surface area is 158 Å². The van der Waals surface area contributed by atoms with Gasteiger partial charge in [-0.2, -0.15) is 0 Å². The van der Waals surface area contributed by atoms with Crippen LogP contribution in [-0.2, 0) is 0 Å². The second kappa shape index (κ2) is 7.86. The molecule has 0 radical (unpaired) electrons. The van der Waals surface area contributed by atoms with Gasteiger partial charge >= 0.3 is 0 Å². The molecule has 0 aliphatic heterocycles. The monoisotopic (exact) mass is 362 g/mol. The van der Waals surface area contributed by atoms with Gasteiger partial charge in [-0.25, -0.2) is 0 Å². The summed E-state index contributed by atoms with van der Waals surface area (Å²) in [5.41, 5.74) is 4.97. The van der Waals surface area contributed by atoms with Crippen LogP contribution in [0.25, 0.3) is 0 Å². The maximum atomic E-state index is 12.4. The maximum absolute atomic E-state index is 12.4. The molecular weight excluding hydrogens is 340 g/mol. The number of nitrogens with zero attached hydrogens (tertiary/aromatic N) is 2. The van der Waals surface area contributed by atoms with Gasteiger partial charge in [0.2, 0.25) is 0 Å². The van der Waals surface area contributed by atoms with Crippen molar-refractivity contribution in [1.82, 2.24) is 10.2 Å². The number of methoxy groups -OCH3 is 1. The van der Waals surface area contributed by atoms with Gasteiger partial charge in [-0.1, -0.05) is 18.2 Å². The molecule has 0 aliphatic carbocycles. The lowest BCUT2D eigenvalue weighted by Crippen LogP contribution is -2.15. The highest BCUT2D eigenvalue weighted by Gasteiger charge is 2.11. The number of aryl methyl sites for hydroxylation is 3. The minimum Gasteiger partial charge on any atom is -0.495 e. The van der Waals surface area contributed by atoms with Crippen LogP contribution in [0.2, 0.25) is 0 Å². The van der Waals surface area contributed by atoms with E-state index in [2.05, 4.69) is 20.8 Å². The summed E-state index contributed by atoms with van der Waals surface area (Å²) >= 11 is 0. The summed E-state index contributed by atoms with van der Waals surface area (Å²) in [6.45, 7) is 5.93. The molecule has 3 aromatic rings. The molecule has 0 bridgehead atoms. The predicted molar refractivity (Wildman–Crippen MR) is 107 cm³/mol. The number of amides is 1. The number of carbonyl (C=O) groups is 1. The lowest BCUT2D eigenvalue weighted by atomic mass is 10.1. The first-order valence-corrected chi connectivity index (χ1v) is 8.60. The Balaban J connectivity index is 1.74. The molecule has 3 rings (SSSR count). The lowest BCUT2D eigenvalue weighted by molar-refractivity contribution is 0.102. The largest absolute Gasteiger partial charge is 0.495 e. The fraction of sp³-hybridized carbons (Fsp3) is 0.190. The van der Waals surface area contributed by atoms with Crippen LogP contribution in [0.4, 0.5) is 17.2 Å². The normalized spacial score (nSPS) is 10.4. The fourth-order valence-corrected chi connectivity index (χ4v) is 2.63. The molecule has 0 atom stereocenters. The minimum atomic E-state index is -0.295. The Bertz CT molecular complexity index is 968. The summed E-state index contributed by atoms with van der Waals surface area (Å²) < 4.78 is 5.35. The molecule has 2 N–H and O–H groups in total. The molecule has 2 aromatic carbocycles. The van der Waals surface area contributed by atoms with Gasteiger partial charge in [0.25, 0.3) is 5.91 Å². The average molecular weight is 362 g/mol. The number of nitrogens with one attached hydrogen (secondary N) is 2. The smallest absolute Gasteiger partial charge is 0.276 e. The second-order valence-electron chi connectivity index (χ2n) is 6.41. The first-order valence-electron chi connectivity index (χ1n) is 8.60. The minimum absolute atomic E-state index is 0.248. The van der Waals surface area contributed by atoms with E-state index in [0.717, 1.165) is 28.1 Å². The first kappa shape index (κ1) is 18.4. The zero-order valence-corrected chi connectivity index (χ0v) is 15.8. The van der Waals surface area contributed by atoms with E-state index in [1.807, 2.05) is 57.2 Å². The summed E-state index contributed by atoms with van der Waals surface area (Å²) in [5.74, 6) is 0.942. The average Bonchev–Trinajstić information content (AvgIpc) is 2.65. The maximum Gasteiger partial charge on any atom is 0.276 e. The molecule has 0 unspecified atom stereocenters. The van der Waals surface area contributed by atoms with Crippen molar-refractivity contribution < 1.29 is 9.53 Å². The Hall–Kier alpha value is -3.41. The van der Waals surface area contributed by atoms with Crippen molar-refractivity contribution in [3.63, 3.8) is 0 Å². The van der Waals surface area contributed by atoms with Gasteiger partial charge in [-0.3, -0.25) is 4.79 Å². The summed E-state index contributed by atoms with van der Waals surface area (Å²) in [6.07, 6.45) is 0. The highest BCUT2D eigenvalue weighted by molar-refractivity contribution is 6.03. The summed E-state index contributed by atoms with van der Waals surface area (Å²) in [7, 11) is 1.61. The number of ether oxygens (including phenoxy) is 1. The molecule has 0 saturated heterocycles. The van der Waals surface area contributed by atoms with Gasteiger partial charge in [-0.15, -0.1) is 10.2 Å². The van der Waals surface area contributed by atoms with E-state index in [1.54, 1.807) is 19.2 Å². The molecule has 6 nitrogen and oxygen atoms in total. The zero-order valence-electron chi connectivity index (χ0n) is 15.8. The van der Waals surface area contributed by atoms with Crippen molar-refractivity contribution in [3.05, 3.63) is 70.9 Å². The van der Waals surface area contributed by atoms with Crippen molar-refractivity contribution in [2.75, 3.05) is 17.7 Å². The van der Waals surface area contributed by atoms with E-state index < -0.39 is 0 Å². The fourth-order valence-electron chi connectivity index (χ4n) is 2.63. The van der Waals surface area contributed by atoms with E-state index in [0.29, 0.717) is 11.6 Å². The number of anilines is 3. The third-order valence-electron chi connectivity index (χ3n) is 4.16. The van der Waals surface area contributed by atoms with Crippen molar-refractivity contribution >= 4 is 23.1 Å². The van der Waals surface area contributed by atoms with Crippen molar-refractivity contribution in [2.45, 2.75) is 20.8 Å². The standard InChI is InChI=1S/C21H22N4O2/c1-13-5-7-15(3)17(11-13)23-21(26)16-8-10-20(25-24-16)22-18-12-14(2)6-9-19(18)27-4/h5-12H,1-4H3,(H,22,25)(H,23,26). The Morgan fingerprint density at radius 3 is 2.26 bits per heavy atom. The molecule has 0 aliphatic rings. The lowest BCUT2D eigenvalue weighted by Gasteiger charge is -2.11. The molecule has 0 fully saturated rings. The van der Waals surface area contributed by atoms with E-state index in [1.165, 1.54) is 0 Å². The van der Waals surface area contributed by atoms with Crippen LogP contribution in [0, 0.1) is 20.8 Å². The number of carbonyl (C=O) groups excluding carboxylic acids is 1. The molecule has 0 saturated carbocycles. The third-order valence-corrected chi connectivity index (χ3v) is 4.16. The number of rotatable bonds is 5. The van der Waals surface area contributed by atoms with Gasteiger partial charge in [0.05, 0.1) is 12.8 Å². The van der Waals surface area contributed by atoms with Gasteiger partial charge in [-0.05, 0) is 67.8 Å². The van der Waals surface area contributed by atoms with Crippen LogP contribution in [-0.4, -0.2) is 23.2 Å². The first-order chi connectivity index (χ1) is 13.0. The Kier molecular flexibility index (Phi) is 5.35. The predicted octanol–water partition coefficient (Wildman–Crippen LogP) is 4.41. The van der Waals surface area contributed by atoms with Crippen LogP contribution >= 0.6 is 0 Å². The number of aromatic nitrogens is 2. The van der Waals surface area contributed by atoms with Crippen LogP contribution < -0.4 is 15.4 Å². The SMILES string of the molecule is COc1ccc(C)cc1Nc1ccc(C(=O)Nc2cc(C)ccc2C)nn1. The van der Waals surface area contributed by atoms with E-state index in [-0.39, 0.29) is 11.6 Å². The van der Waals surface area contributed by atoms with Crippen molar-refractivity contribution in [2.24, 2.45) is 0 Å². The molecule has 1 heterocycles. The van der Waals surface area contributed by atoms with Crippen LogP contribution in [0.15, 0.2) is 48.5 Å². The third kappa shape index (κ3) is 4.41. The Morgan fingerprint density at radius 1 is 0.889 bits per heavy atom. The second-order valence-corrected chi connectivity index (χ2v) is 6.41. The van der Waals surface area contributed by atoms with Gasteiger partial charge in [0.15, 0.2) is 11.5 Å². The van der Waals surface area contributed by atoms with Crippen molar-refractivity contribution in [3.8, 4) is 5.75 Å². The molecule has 27 heavy (non-hydrogen) atoms. The van der Waals surface area contributed by atoms with Crippen molar-refractivity contribution in [1.29, 1.82) is 0 Å². The van der Waals surface area contributed by atoms with E-state index in [9.17, 15) is 4.79 Å². The van der Waals surface area contributed by atoms with Crippen LogP contribution in [0.5, 0.6) is 5.75 Å². The Morgan fingerprint density at radius 2 is 1.59 bits per heavy atom. The topological polar surface area (TPSA) is 76.1 Å². The molecule has 138 valence electrons. The number of benzene rings is 2. The van der Waals surface area contributed by atoms with Gasteiger partial charge < -0.3 is 15.4 Å². The highest BCUT2D eigenvalue weighted by Crippen LogP contribution is 2.27. The molecule has 1 amide bonds.